The van der Waals surface area contributed by atoms with Gasteiger partial charge in [-0.1, -0.05) is 23.7 Å². The van der Waals surface area contributed by atoms with Gasteiger partial charge in [0, 0.05) is 22.8 Å². The zero-order valence-corrected chi connectivity index (χ0v) is 12.5. The van der Waals surface area contributed by atoms with Gasteiger partial charge in [-0.15, -0.1) is 0 Å². The number of hydrogen-bond donors (Lipinski definition) is 1. The minimum atomic E-state index is 0.265. The minimum Gasteiger partial charge on any atom is -0.327 e. The molecule has 2 heterocycles. The van der Waals surface area contributed by atoms with Gasteiger partial charge >= 0.3 is 0 Å². The van der Waals surface area contributed by atoms with Crippen LogP contribution in [0.4, 0.5) is 0 Å². The van der Waals surface area contributed by atoms with Crippen LogP contribution < -0.4 is 5.32 Å². The van der Waals surface area contributed by atoms with E-state index in [9.17, 15) is 0 Å². The maximum absolute atomic E-state index is 6.11. The van der Waals surface area contributed by atoms with Gasteiger partial charge in [0.05, 0.1) is 12.4 Å². The van der Waals surface area contributed by atoms with E-state index in [4.69, 9.17) is 11.6 Å². The molecule has 0 radical (unpaired) electrons. The van der Waals surface area contributed by atoms with Crippen LogP contribution >= 0.6 is 11.6 Å². The van der Waals surface area contributed by atoms with Crippen LogP contribution in [-0.2, 0) is 0 Å². The molecule has 2 aromatic rings. The maximum Gasteiger partial charge on any atom is 0.0953 e. The number of benzene rings is 1. The zero-order valence-electron chi connectivity index (χ0n) is 11.7. The molecule has 0 saturated carbocycles. The summed E-state index contributed by atoms with van der Waals surface area (Å²) in [5.74, 6) is 0.611. The predicted molar refractivity (Wildman–Crippen MR) is 82.3 cm³/mol. The van der Waals surface area contributed by atoms with E-state index in [1.807, 2.05) is 30.7 Å². The van der Waals surface area contributed by atoms with Crippen molar-refractivity contribution < 1.29 is 0 Å². The Morgan fingerprint density at radius 2 is 2.15 bits per heavy atom. The second-order valence-electron chi connectivity index (χ2n) is 5.48. The highest BCUT2D eigenvalue weighted by Gasteiger charge is 2.21. The standard InChI is InChI=1S/C16H20ClN3/c1-12(14-3-2-4-15(17)9-14)20-11-19-10-16(20)13-5-7-18-8-6-13/h2-4,9-13,18H,5-8H2,1H3. The van der Waals surface area contributed by atoms with Crippen LogP contribution in [0.3, 0.4) is 0 Å². The summed E-state index contributed by atoms with van der Waals surface area (Å²) in [7, 11) is 0. The molecule has 1 aromatic heterocycles. The first-order valence-corrected chi connectivity index (χ1v) is 7.61. The average molecular weight is 290 g/mol. The molecule has 4 heteroatoms. The second kappa shape index (κ2) is 5.98. The smallest absolute Gasteiger partial charge is 0.0953 e. The second-order valence-corrected chi connectivity index (χ2v) is 5.92. The summed E-state index contributed by atoms with van der Waals surface area (Å²) in [5.41, 5.74) is 2.57. The number of nitrogens with one attached hydrogen (secondary N) is 1. The van der Waals surface area contributed by atoms with E-state index in [1.165, 1.54) is 24.1 Å². The number of aromatic nitrogens is 2. The summed E-state index contributed by atoms with van der Waals surface area (Å²) in [6.45, 7) is 4.40. The zero-order chi connectivity index (χ0) is 13.9. The topological polar surface area (TPSA) is 29.9 Å². The first-order valence-electron chi connectivity index (χ1n) is 7.23. The SMILES string of the molecule is CC(c1cccc(Cl)c1)n1cncc1C1CCNCC1. The molecule has 3 rings (SSSR count). The summed E-state index contributed by atoms with van der Waals surface area (Å²) < 4.78 is 2.29. The Kier molecular flexibility index (Phi) is 4.08. The monoisotopic (exact) mass is 289 g/mol. The Balaban J connectivity index is 1.88. The summed E-state index contributed by atoms with van der Waals surface area (Å²) in [5, 5.41) is 4.21. The van der Waals surface area contributed by atoms with Crippen LogP contribution in [0.1, 0.15) is 43.0 Å². The summed E-state index contributed by atoms with van der Waals surface area (Å²) in [4.78, 5) is 4.38. The molecule has 1 saturated heterocycles. The molecule has 1 aliphatic rings. The highest BCUT2D eigenvalue weighted by Crippen LogP contribution is 2.29. The van der Waals surface area contributed by atoms with Crippen LogP contribution in [0.5, 0.6) is 0 Å². The van der Waals surface area contributed by atoms with Crippen LogP contribution in [-0.4, -0.2) is 22.6 Å². The van der Waals surface area contributed by atoms with Crippen molar-refractivity contribution in [3.63, 3.8) is 0 Å². The Labute approximate surface area is 125 Å². The van der Waals surface area contributed by atoms with E-state index in [1.54, 1.807) is 0 Å². The number of hydrogen-bond acceptors (Lipinski definition) is 2. The van der Waals surface area contributed by atoms with E-state index < -0.39 is 0 Å². The van der Waals surface area contributed by atoms with Crippen LogP contribution in [0, 0.1) is 0 Å². The van der Waals surface area contributed by atoms with Gasteiger partial charge in [0.15, 0.2) is 0 Å². The Hall–Kier alpha value is -1.32. The van der Waals surface area contributed by atoms with Gasteiger partial charge < -0.3 is 9.88 Å². The Morgan fingerprint density at radius 3 is 2.90 bits per heavy atom. The quantitative estimate of drug-likeness (QED) is 0.935. The fraction of sp³-hybridized carbons (Fsp3) is 0.438. The van der Waals surface area contributed by atoms with Crippen molar-refractivity contribution >= 4 is 11.6 Å². The summed E-state index contributed by atoms with van der Waals surface area (Å²) in [6, 6.07) is 8.36. The molecule has 1 N–H and O–H groups in total. The summed E-state index contributed by atoms with van der Waals surface area (Å²) >= 11 is 6.11. The van der Waals surface area contributed by atoms with Gasteiger partial charge in [0.2, 0.25) is 0 Å². The van der Waals surface area contributed by atoms with Gasteiger partial charge in [-0.05, 0) is 50.6 Å². The lowest BCUT2D eigenvalue weighted by atomic mass is 9.94. The molecule has 0 amide bonds. The molecular weight excluding hydrogens is 270 g/mol. The fourth-order valence-electron chi connectivity index (χ4n) is 3.00. The lowest BCUT2D eigenvalue weighted by molar-refractivity contribution is 0.433. The molecule has 3 nitrogen and oxygen atoms in total. The predicted octanol–water partition coefficient (Wildman–Crippen LogP) is 3.61. The number of halogens is 1. The molecule has 0 spiro atoms. The molecule has 0 bridgehead atoms. The van der Waals surface area contributed by atoms with E-state index >= 15 is 0 Å². The van der Waals surface area contributed by atoms with Crippen molar-refractivity contribution in [1.82, 2.24) is 14.9 Å². The first-order chi connectivity index (χ1) is 9.75. The molecule has 1 atom stereocenters. The van der Waals surface area contributed by atoms with Crippen molar-refractivity contribution in [2.45, 2.75) is 31.7 Å². The Morgan fingerprint density at radius 1 is 1.35 bits per heavy atom. The lowest BCUT2D eigenvalue weighted by Crippen LogP contribution is -2.28. The third-order valence-electron chi connectivity index (χ3n) is 4.20. The molecule has 1 unspecified atom stereocenters. The van der Waals surface area contributed by atoms with Gasteiger partial charge in [-0.3, -0.25) is 0 Å². The van der Waals surface area contributed by atoms with Crippen molar-refractivity contribution in [3.8, 4) is 0 Å². The third-order valence-corrected chi connectivity index (χ3v) is 4.44. The molecule has 1 aliphatic heterocycles. The van der Waals surface area contributed by atoms with Crippen molar-refractivity contribution in [2.75, 3.05) is 13.1 Å². The number of imidazole rings is 1. The number of nitrogens with zero attached hydrogens (tertiary/aromatic N) is 2. The maximum atomic E-state index is 6.11. The number of piperidine rings is 1. The number of rotatable bonds is 3. The van der Waals surface area contributed by atoms with Crippen LogP contribution in [0.15, 0.2) is 36.8 Å². The van der Waals surface area contributed by atoms with Gasteiger partial charge in [0.25, 0.3) is 0 Å². The largest absolute Gasteiger partial charge is 0.327 e. The molecule has 1 aromatic carbocycles. The van der Waals surface area contributed by atoms with Crippen molar-refractivity contribution in [1.29, 1.82) is 0 Å². The van der Waals surface area contributed by atoms with Crippen molar-refractivity contribution in [3.05, 3.63) is 53.1 Å². The highest BCUT2D eigenvalue weighted by molar-refractivity contribution is 6.30. The fourth-order valence-corrected chi connectivity index (χ4v) is 3.20. The van der Waals surface area contributed by atoms with Crippen LogP contribution in [0.2, 0.25) is 5.02 Å². The molecule has 0 aliphatic carbocycles. The van der Waals surface area contributed by atoms with E-state index in [0.29, 0.717) is 5.92 Å². The Bertz CT molecular complexity index is 573. The molecule has 1 fully saturated rings. The summed E-state index contributed by atoms with van der Waals surface area (Å²) in [6.07, 6.45) is 6.35. The van der Waals surface area contributed by atoms with Gasteiger partial charge in [0.1, 0.15) is 0 Å². The molecule has 20 heavy (non-hydrogen) atoms. The van der Waals surface area contributed by atoms with Crippen LogP contribution in [0.25, 0.3) is 0 Å². The molecule has 106 valence electrons. The lowest BCUT2D eigenvalue weighted by Gasteiger charge is -2.26. The average Bonchev–Trinajstić information content (AvgIpc) is 2.97. The minimum absolute atomic E-state index is 0.265. The van der Waals surface area contributed by atoms with E-state index in [-0.39, 0.29) is 6.04 Å². The molecular formula is C16H20ClN3. The first kappa shape index (κ1) is 13.7. The van der Waals surface area contributed by atoms with Crippen molar-refractivity contribution in [2.24, 2.45) is 0 Å². The van der Waals surface area contributed by atoms with Gasteiger partial charge in [-0.25, -0.2) is 4.98 Å². The van der Waals surface area contributed by atoms with E-state index in [2.05, 4.69) is 27.9 Å². The third kappa shape index (κ3) is 2.74. The van der Waals surface area contributed by atoms with Gasteiger partial charge in [-0.2, -0.15) is 0 Å². The highest BCUT2D eigenvalue weighted by atomic mass is 35.5. The van der Waals surface area contributed by atoms with E-state index in [0.717, 1.165) is 18.1 Å². The normalized spacial score (nSPS) is 18.1.